The normalized spacial score (nSPS) is 16.5. The summed E-state index contributed by atoms with van der Waals surface area (Å²) >= 11 is 0. The van der Waals surface area contributed by atoms with Crippen LogP contribution in [-0.2, 0) is 19.4 Å². The summed E-state index contributed by atoms with van der Waals surface area (Å²) in [4.78, 5) is 4.43. The van der Waals surface area contributed by atoms with Gasteiger partial charge in [0.1, 0.15) is 18.0 Å². The van der Waals surface area contributed by atoms with Gasteiger partial charge < -0.3 is 9.88 Å². The minimum Gasteiger partial charge on any atom is -0.362 e. The summed E-state index contributed by atoms with van der Waals surface area (Å²) in [5.74, 6) is 2.82. The van der Waals surface area contributed by atoms with Crippen LogP contribution in [0.25, 0.3) is 5.65 Å². The van der Waals surface area contributed by atoms with Crippen LogP contribution < -0.4 is 5.32 Å². The molecule has 1 atom stereocenters. The van der Waals surface area contributed by atoms with Crippen LogP contribution in [0.4, 0.5) is 5.82 Å². The summed E-state index contributed by atoms with van der Waals surface area (Å²) in [5.41, 5.74) is 1.99. The lowest BCUT2D eigenvalue weighted by atomic mass is 10.1. The van der Waals surface area contributed by atoms with Crippen LogP contribution in [-0.4, -0.2) is 40.4 Å². The van der Waals surface area contributed by atoms with Crippen LogP contribution >= 0.6 is 0 Å². The second-order valence-electron chi connectivity index (χ2n) is 6.52. The van der Waals surface area contributed by atoms with Gasteiger partial charge in [-0.2, -0.15) is 0 Å². The van der Waals surface area contributed by atoms with Gasteiger partial charge in [-0.1, -0.05) is 30.3 Å². The van der Waals surface area contributed by atoms with Gasteiger partial charge in [-0.15, -0.1) is 20.4 Å². The Hall–Kier alpha value is -3.29. The lowest BCUT2D eigenvalue weighted by Gasteiger charge is -2.25. The number of hydrogen-bond donors (Lipinski definition) is 1. The maximum Gasteiger partial charge on any atom is 0.203 e. The van der Waals surface area contributed by atoms with Gasteiger partial charge in [0.25, 0.3) is 0 Å². The Kier molecular flexibility index (Phi) is 3.59. The maximum atomic E-state index is 4.43. The van der Waals surface area contributed by atoms with Crippen LogP contribution in [0.2, 0.25) is 0 Å². The van der Waals surface area contributed by atoms with Crippen molar-refractivity contribution in [3.05, 3.63) is 66.3 Å². The van der Waals surface area contributed by atoms with Crippen molar-refractivity contribution in [2.24, 2.45) is 0 Å². The van der Waals surface area contributed by atoms with E-state index in [4.69, 9.17) is 0 Å². The first-order valence-electron chi connectivity index (χ1n) is 8.72. The van der Waals surface area contributed by atoms with Crippen molar-refractivity contribution in [3.8, 4) is 0 Å². The predicted octanol–water partition coefficient (Wildman–Crippen LogP) is 1.73. The molecule has 0 saturated heterocycles. The van der Waals surface area contributed by atoms with Crippen molar-refractivity contribution in [1.82, 2.24) is 34.3 Å². The molecule has 1 aliphatic rings. The average Bonchev–Trinajstić information content (AvgIpc) is 3.31. The van der Waals surface area contributed by atoms with E-state index < -0.39 is 0 Å². The first-order valence-corrected chi connectivity index (χ1v) is 8.72. The largest absolute Gasteiger partial charge is 0.362 e. The highest BCUT2D eigenvalue weighted by molar-refractivity contribution is 5.61. The standard InChI is InChI=1S/C18H18N8/c1-2-4-13(5-3-1)10-16-23-22-15-7-6-14(11-26(15)16)21-17-18-24-20-12-25(18)9-8-19-17/h1-5,8-9,12,14H,6-7,10-11H2,(H,19,21). The molecule has 5 rings (SSSR count). The van der Waals surface area contributed by atoms with E-state index in [1.54, 1.807) is 12.5 Å². The fourth-order valence-electron chi connectivity index (χ4n) is 3.46. The van der Waals surface area contributed by atoms with Crippen molar-refractivity contribution < 1.29 is 0 Å². The Morgan fingerprint density at radius 2 is 2.04 bits per heavy atom. The van der Waals surface area contributed by atoms with Crippen molar-refractivity contribution in [2.45, 2.75) is 31.8 Å². The Morgan fingerprint density at radius 1 is 1.12 bits per heavy atom. The SMILES string of the molecule is c1ccc(Cc2nnc3n2CC(Nc2nccn4cnnc24)CC3)cc1. The summed E-state index contributed by atoms with van der Waals surface area (Å²) in [6.45, 7) is 0.821. The lowest BCUT2D eigenvalue weighted by molar-refractivity contribution is 0.466. The van der Waals surface area contributed by atoms with Gasteiger partial charge in [-0.3, -0.25) is 4.40 Å². The van der Waals surface area contributed by atoms with Gasteiger partial charge >= 0.3 is 0 Å². The van der Waals surface area contributed by atoms with Crippen molar-refractivity contribution in [3.63, 3.8) is 0 Å². The predicted molar refractivity (Wildman–Crippen MR) is 95.8 cm³/mol. The quantitative estimate of drug-likeness (QED) is 0.606. The van der Waals surface area contributed by atoms with Gasteiger partial charge in [0.2, 0.25) is 5.65 Å². The number of hydrogen-bond acceptors (Lipinski definition) is 6. The molecule has 8 heteroatoms. The maximum absolute atomic E-state index is 4.43. The van der Waals surface area contributed by atoms with E-state index in [1.165, 1.54) is 5.56 Å². The molecule has 4 aromatic rings. The number of nitrogens with one attached hydrogen (secondary N) is 1. The summed E-state index contributed by atoms with van der Waals surface area (Å²) in [7, 11) is 0. The number of rotatable bonds is 4. The fraction of sp³-hybridized carbons (Fsp3) is 0.278. The fourth-order valence-corrected chi connectivity index (χ4v) is 3.46. The number of aromatic nitrogens is 7. The van der Waals surface area contributed by atoms with E-state index in [2.05, 4.69) is 59.5 Å². The molecular weight excluding hydrogens is 328 g/mol. The molecule has 130 valence electrons. The van der Waals surface area contributed by atoms with Crippen LogP contribution in [0.3, 0.4) is 0 Å². The monoisotopic (exact) mass is 346 g/mol. The van der Waals surface area contributed by atoms with Crippen LogP contribution in [0.5, 0.6) is 0 Å². The molecule has 0 fully saturated rings. The lowest BCUT2D eigenvalue weighted by Crippen LogP contribution is -2.32. The van der Waals surface area contributed by atoms with E-state index >= 15 is 0 Å². The first-order chi connectivity index (χ1) is 12.9. The van der Waals surface area contributed by atoms with Crippen molar-refractivity contribution in [1.29, 1.82) is 0 Å². The number of fused-ring (bicyclic) bond motifs is 2. The third-order valence-electron chi connectivity index (χ3n) is 4.79. The Bertz CT molecular complexity index is 1040. The van der Waals surface area contributed by atoms with E-state index in [0.717, 1.165) is 48.9 Å². The molecule has 1 N–H and O–H groups in total. The van der Waals surface area contributed by atoms with Gasteiger partial charge in [0.15, 0.2) is 5.82 Å². The molecule has 0 aliphatic carbocycles. The van der Waals surface area contributed by atoms with E-state index in [-0.39, 0.29) is 6.04 Å². The van der Waals surface area contributed by atoms with Gasteiger partial charge in [0.05, 0.1) is 0 Å². The zero-order valence-corrected chi connectivity index (χ0v) is 14.2. The zero-order chi connectivity index (χ0) is 17.3. The topological polar surface area (TPSA) is 85.8 Å². The van der Waals surface area contributed by atoms with Crippen LogP contribution in [0.1, 0.15) is 23.6 Å². The molecule has 1 aromatic carbocycles. The first kappa shape index (κ1) is 15.0. The minimum absolute atomic E-state index is 0.253. The van der Waals surface area contributed by atoms with Crippen molar-refractivity contribution >= 4 is 11.5 Å². The molecule has 8 nitrogen and oxygen atoms in total. The van der Waals surface area contributed by atoms with E-state index in [1.807, 2.05) is 16.7 Å². The molecule has 0 radical (unpaired) electrons. The second kappa shape index (κ2) is 6.21. The molecule has 1 aliphatic heterocycles. The zero-order valence-electron chi connectivity index (χ0n) is 14.2. The molecule has 0 amide bonds. The van der Waals surface area contributed by atoms with Crippen molar-refractivity contribution in [2.75, 3.05) is 5.32 Å². The summed E-state index contributed by atoms with van der Waals surface area (Å²) in [6, 6.07) is 10.6. The summed E-state index contributed by atoms with van der Waals surface area (Å²) in [6.07, 6.45) is 7.96. The van der Waals surface area contributed by atoms with E-state index in [9.17, 15) is 0 Å². The number of benzene rings is 1. The van der Waals surface area contributed by atoms with Gasteiger partial charge in [0, 0.05) is 37.8 Å². The van der Waals surface area contributed by atoms with Gasteiger partial charge in [-0.05, 0) is 12.0 Å². The van der Waals surface area contributed by atoms with Crippen LogP contribution in [0, 0.1) is 0 Å². The second-order valence-corrected chi connectivity index (χ2v) is 6.52. The van der Waals surface area contributed by atoms with Crippen LogP contribution in [0.15, 0.2) is 49.1 Å². The molecular formula is C18H18N8. The summed E-state index contributed by atoms with van der Waals surface area (Å²) in [5, 5.41) is 20.4. The Labute approximate surface area is 149 Å². The molecule has 3 aromatic heterocycles. The average molecular weight is 346 g/mol. The van der Waals surface area contributed by atoms with Gasteiger partial charge in [-0.25, -0.2) is 4.98 Å². The number of anilines is 1. The third-order valence-corrected chi connectivity index (χ3v) is 4.79. The molecule has 0 saturated carbocycles. The number of nitrogens with zero attached hydrogens (tertiary/aromatic N) is 7. The Balaban J connectivity index is 1.38. The minimum atomic E-state index is 0.253. The summed E-state index contributed by atoms with van der Waals surface area (Å²) < 4.78 is 4.10. The highest BCUT2D eigenvalue weighted by Gasteiger charge is 2.23. The molecule has 4 heterocycles. The van der Waals surface area contributed by atoms with E-state index in [0.29, 0.717) is 0 Å². The Morgan fingerprint density at radius 3 is 2.96 bits per heavy atom. The highest BCUT2D eigenvalue weighted by Crippen LogP contribution is 2.21. The third kappa shape index (κ3) is 2.69. The highest BCUT2D eigenvalue weighted by atomic mass is 15.3. The number of aryl methyl sites for hydroxylation is 1. The smallest absolute Gasteiger partial charge is 0.203 e. The molecule has 26 heavy (non-hydrogen) atoms. The molecule has 0 bridgehead atoms. The molecule has 0 spiro atoms. The molecule has 1 unspecified atom stereocenters.